The Balaban J connectivity index is 1.86. The summed E-state index contributed by atoms with van der Waals surface area (Å²) in [6.07, 6.45) is 0. The topological polar surface area (TPSA) is 116 Å². The van der Waals surface area contributed by atoms with E-state index in [9.17, 15) is 24.6 Å². The average Bonchev–Trinajstić information content (AvgIpc) is 3.16. The molecule has 4 rings (SSSR count). The van der Waals surface area contributed by atoms with Crippen molar-refractivity contribution in [1.82, 2.24) is 5.32 Å². The van der Waals surface area contributed by atoms with E-state index in [0.717, 1.165) is 4.90 Å². The largest absolute Gasteiger partial charge is 0.508 e. The molecule has 0 spiro atoms. The first-order chi connectivity index (χ1) is 14.2. The van der Waals surface area contributed by atoms with Crippen LogP contribution in [-0.2, 0) is 14.4 Å². The summed E-state index contributed by atoms with van der Waals surface area (Å²) >= 11 is 6.02. The highest BCUT2D eigenvalue weighted by molar-refractivity contribution is 6.31. The van der Waals surface area contributed by atoms with Crippen LogP contribution in [0.25, 0.3) is 0 Å². The fraction of sp³-hybridized carbons (Fsp3) is 0.286. The van der Waals surface area contributed by atoms with Gasteiger partial charge in [-0.1, -0.05) is 17.7 Å². The van der Waals surface area contributed by atoms with Crippen LogP contribution in [0.15, 0.2) is 42.5 Å². The number of benzene rings is 2. The van der Waals surface area contributed by atoms with Gasteiger partial charge in [-0.3, -0.25) is 19.7 Å². The van der Waals surface area contributed by atoms with Crippen molar-refractivity contribution in [2.75, 3.05) is 12.0 Å². The molecule has 2 amide bonds. The summed E-state index contributed by atoms with van der Waals surface area (Å²) < 4.78 is 5.20. The number of imide groups is 1. The lowest BCUT2D eigenvalue weighted by Crippen LogP contribution is -2.53. The van der Waals surface area contributed by atoms with Crippen molar-refractivity contribution < 1.29 is 29.3 Å². The van der Waals surface area contributed by atoms with E-state index >= 15 is 0 Å². The highest BCUT2D eigenvalue weighted by Gasteiger charge is 2.67. The number of aliphatic carboxylic acids is 1. The number of carbonyl (C=O) groups excluding carboxylic acids is 2. The standard InChI is InChI=1S/C21H19ClN2O6/c1-21(20(28)29)16-15(17(23-21)13-9-12(30-2)6-7-14(13)25)18(26)24(19(16)27)11-5-3-4-10(22)8-11/h3-9,15-17,23,25H,1-2H3,(H,28,29)/t15-,16-,17+,21+/m1/s1. The number of amides is 2. The SMILES string of the molecule is COc1ccc(O)c([C@@H]2N[C@](C)(C(=O)O)[C@H]3C(=O)N(c4cccc(Cl)c4)C(=O)[C@@H]23)c1. The van der Waals surface area contributed by atoms with Gasteiger partial charge in [-0.15, -0.1) is 0 Å². The number of anilines is 1. The van der Waals surface area contributed by atoms with Crippen LogP contribution in [0.3, 0.4) is 0 Å². The summed E-state index contributed by atoms with van der Waals surface area (Å²) in [4.78, 5) is 39.8. The molecule has 30 heavy (non-hydrogen) atoms. The van der Waals surface area contributed by atoms with Gasteiger partial charge in [-0.05, 0) is 43.3 Å². The van der Waals surface area contributed by atoms with Crippen LogP contribution in [0.4, 0.5) is 5.69 Å². The third kappa shape index (κ3) is 2.83. The van der Waals surface area contributed by atoms with E-state index in [0.29, 0.717) is 10.8 Å². The second-order valence-electron chi connectivity index (χ2n) is 7.55. The molecular formula is C21H19ClN2O6. The van der Waals surface area contributed by atoms with Crippen molar-refractivity contribution >= 4 is 35.1 Å². The van der Waals surface area contributed by atoms with Gasteiger partial charge in [0, 0.05) is 16.6 Å². The van der Waals surface area contributed by atoms with Gasteiger partial charge < -0.3 is 14.9 Å². The van der Waals surface area contributed by atoms with E-state index in [1.165, 1.54) is 32.2 Å². The Morgan fingerprint density at radius 1 is 1.20 bits per heavy atom. The number of phenolic OH excluding ortho intramolecular Hbond substituents is 1. The van der Waals surface area contributed by atoms with Gasteiger partial charge in [0.05, 0.1) is 24.6 Å². The maximum Gasteiger partial charge on any atom is 0.324 e. The third-order valence-electron chi connectivity index (χ3n) is 5.87. The minimum Gasteiger partial charge on any atom is -0.508 e. The van der Waals surface area contributed by atoms with Crippen LogP contribution in [0.5, 0.6) is 11.5 Å². The first-order valence-electron chi connectivity index (χ1n) is 9.20. The number of hydrogen-bond donors (Lipinski definition) is 3. The van der Waals surface area contributed by atoms with Crippen molar-refractivity contribution in [3.8, 4) is 11.5 Å². The van der Waals surface area contributed by atoms with Gasteiger partial charge in [0.25, 0.3) is 0 Å². The Morgan fingerprint density at radius 3 is 2.57 bits per heavy atom. The Bertz CT molecular complexity index is 1070. The summed E-state index contributed by atoms with van der Waals surface area (Å²) in [5.41, 5.74) is -1.16. The molecule has 2 heterocycles. The zero-order chi connectivity index (χ0) is 21.8. The molecular weight excluding hydrogens is 412 g/mol. The smallest absolute Gasteiger partial charge is 0.324 e. The van der Waals surface area contributed by atoms with Crippen molar-refractivity contribution in [3.05, 3.63) is 53.1 Å². The number of hydrogen-bond acceptors (Lipinski definition) is 6. The highest BCUT2D eigenvalue weighted by atomic mass is 35.5. The van der Waals surface area contributed by atoms with E-state index in [2.05, 4.69) is 5.32 Å². The molecule has 0 saturated carbocycles. The summed E-state index contributed by atoms with van der Waals surface area (Å²) in [6.45, 7) is 1.37. The molecule has 156 valence electrons. The molecule has 2 aromatic carbocycles. The van der Waals surface area contributed by atoms with E-state index in [-0.39, 0.29) is 17.0 Å². The monoisotopic (exact) mass is 430 g/mol. The molecule has 3 N–H and O–H groups in total. The number of nitrogens with zero attached hydrogens (tertiary/aromatic N) is 1. The van der Waals surface area contributed by atoms with Crippen LogP contribution in [0.2, 0.25) is 5.02 Å². The number of methoxy groups -OCH3 is 1. The maximum atomic E-state index is 13.4. The zero-order valence-corrected chi connectivity index (χ0v) is 16.9. The molecule has 2 aliphatic rings. The molecule has 2 aromatic rings. The van der Waals surface area contributed by atoms with Gasteiger partial charge >= 0.3 is 5.97 Å². The number of rotatable bonds is 4. The number of carboxylic acids is 1. The lowest BCUT2D eigenvalue weighted by Gasteiger charge is -2.27. The van der Waals surface area contributed by atoms with E-state index in [1.54, 1.807) is 24.3 Å². The molecule has 0 bridgehead atoms. The summed E-state index contributed by atoms with van der Waals surface area (Å²) in [5.74, 6) is -4.37. The first kappa shape index (κ1) is 20.2. The molecule has 0 unspecified atom stereocenters. The van der Waals surface area contributed by atoms with E-state index in [4.69, 9.17) is 16.3 Å². The number of aromatic hydroxyl groups is 1. The van der Waals surface area contributed by atoms with Gasteiger partial charge in [0.15, 0.2) is 0 Å². The average molecular weight is 431 g/mol. The number of halogens is 1. The van der Waals surface area contributed by atoms with Crippen molar-refractivity contribution in [3.63, 3.8) is 0 Å². The molecule has 0 radical (unpaired) electrons. The number of carboxylic acid groups (broad SMARTS) is 1. The Hall–Kier alpha value is -3.10. The third-order valence-corrected chi connectivity index (χ3v) is 6.10. The molecule has 2 aliphatic heterocycles. The molecule has 9 heteroatoms. The summed E-state index contributed by atoms with van der Waals surface area (Å²) in [6, 6.07) is 9.81. The first-order valence-corrected chi connectivity index (χ1v) is 9.58. The zero-order valence-electron chi connectivity index (χ0n) is 16.1. The van der Waals surface area contributed by atoms with Crippen LogP contribution in [0, 0.1) is 11.8 Å². The predicted molar refractivity (Wildman–Crippen MR) is 108 cm³/mol. The van der Waals surface area contributed by atoms with Crippen LogP contribution in [-0.4, -0.2) is 40.6 Å². The molecule has 8 nitrogen and oxygen atoms in total. The maximum absolute atomic E-state index is 13.4. The Morgan fingerprint density at radius 2 is 1.93 bits per heavy atom. The molecule has 0 aliphatic carbocycles. The van der Waals surface area contributed by atoms with E-state index in [1.807, 2.05) is 0 Å². The number of phenols is 1. The Labute approximate surface area is 177 Å². The van der Waals surface area contributed by atoms with Crippen LogP contribution >= 0.6 is 11.6 Å². The summed E-state index contributed by atoms with van der Waals surface area (Å²) in [5, 5.41) is 23.6. The number of nitrogens with one attached hydrogen (secondary N) is 1. The van der Waals surface area contributed by atoms with Gasteiger partial charge in [0.2, 0.25) is 11.8 Å². The van der Waals surface area contributed by atoms with Crippen molar-refractivity contribution in [2.45, 2.75) is 18.5 Å². The van der Waals surface area contributed by atoms with Crippen LogP contribution in [0.1, 0.15) is 18.5 Å². The fourth-order valence-corrected chi connectivity index (χ4v) is 4.57. The molecule has 0 aromatic heterocycles. The normalized spacial score (nSPS) is 28.0. The molecule has 2 fully saturated rings. The van der Waals surface area contributed by atoms with E-state index < -0.39 is 41.2 Å². The Kier molecular flexibility index (Phi) is 4.71. The lowest BCUT2D eigenvalue weighted by atomic mass is 9.80. The van der Waals surface area contributed by atoms with Gasteiger partial charge in [-0.2, -0.15) is 0 Å². The minimum atomic E-state index is -1.72. The quantitative estimate of drug-likeness (QED) is 0.637. The number of fused-ring (bicyclic) bond motifs is 1. The lowest BCUT2D eigenvalue weighted by molar-refractivity contribution is -0.147. The second-order valence-corrected chi connectivity index (χ2v) is 7.99. The van der Waals surface area contributed by atoms with Gasteiger partial charge in [0.1, 0.15) is 17.0 Å². The van der Waals surface area contributed by atoms with Crippen molar-refractivity contribution in [1.29, 1.82) is 0 Å². The number of ether oxygens (including phenoxy) is 1. The van der Waals surface area contributed by atoms with Gasteiger partial charge in [-0.25, -0.2) is 4.90 Å². The second kappa shape index (κ2) is 7.00. The molecule has 2 saturated heterocycles. The van der Waals surface area contributed by atoms with Crippen molar-refractivity contribution in [2.24, 2.45) is 11.8 Å². The summed E-state index contributed by atoms with van der Waals surface area (Å²) in [7, 11) is 1.45. The molecule has 4 atom stereocenters. The predicted octanol–water partition coefficient (Wildman–Crippen LogP) is 2.35. The number of carbonyl (C=O) groups is 3. The highest BCUT2D eigenvalue weighted by Crippen LogP contribution is 2.51. The van der Waals surface area contributed by atoms with Crippen LogP contribution < -0.4 is 15.0 Å². The minimum absolute atomic E-state index is 0.136. The fourth-order valence-electron chi connectivity index (χ4n) is 4.38.